The number of halogens is 3. The van der Waals surface area contributed by atoms with Crippen LogP contribution in [-0.4, -0.2) is 26.1 Å². The molecule has 6 nitrogen and oxygen atoms in total. The maximum atomic E-state index is 13.0. The lowest BCUT2D eigenvalue weighted by Gasteiger charge is -2.08. The third kappa shape index (κ3) is 3.52. The molecule has 0 atom stereocenters. The summed E-state index contributed by atoms with van der Waals surface area (Å²) in [7, 11) is 0. The van der Waals surface area contributed by atoms with Gasteiger partial charge in [0.05, 0.1) is 22.8 Å². The van der Waals surface area contributed by atoms with E-state index in [0.717, 1.165) is 0 Å². The van der Waals surface area contributed by atoms with Gasteiger partial charge in [-0.05, 0) is 52.9 Å². The third-order valence-corrected chi connectivity index (χ3v) is 3.75. The number of nitrogens with zero attached hydrogens (tertiary/aromatic N) is 4. The topological polar surface area (TPSA) is 72.7 Å². The van der Waals surface area contributed by atoms with Crippen LogP contribution in [0.2, 0.25) is 10.0 Å². The zero-order valence-corrected chi connectivity index (χ0v) is 13.6. The predicted molar refractivity (Wildman–Crippen MR) is 86.7 cm³/mol. The first-order valence-electron chi connectivity index (χ1n) is 6.81. The molecule has 2 aromatic carbocycles. The largest absolute Gasteiger partial charge is 0.345 e. The van der Waals surface area contributed by atoms with Gasteiger partial charge < -0.3 is 5.32 Å². The second-order valence-corrected chi connectivity index (χ2v) is 5.63. The summed E-state index contributed by atoms with van der Waals surface area (Å²) in [6.07, 6.45) is 0. The van der Waals surface area contributed by atoms with E-state index in [2.05, 4.69) is 20.8 Å². The molecule has 0 aliphatic rings. The average molecular weight is 366 g/mol. The van der Waals surface area contributed by atoms with Crippen LogP contribution in [-0.2, 0) is 6.54 Å². The first kappa shape index (κ1) is 16.4. The van der Waals surface area contributed by atoms with E-state index in [4.69, 9.17) is 23.2 Å². The number of rotatable bonds is 4. The maximum Gasteiger partial charge on any atom is 0.253 e. The summed E-state index contributed by atoms with van der Waals surface area (Å²) in [6.45, 7) is 0.0616. The number of benzene rings is 2. The summed E-state index contributed by atoms with van der Waals surface area (Å²) < 4.78 is 14.4. The summed E-state index contributed by atoms with van der Waals surface area (Å²) in [4.78, 5) is 12.2. The average Bonchev–Trinajstić information content (AvgIpc) is 3.04. The van der Waals surface area contributed by atoms with Crippen molar-refractivity contribution in [1.29, 1.82) is 0 Å². The highest BCUT2D eigenvalue weighted by atomic mass is 35.5. The van der Waals surface area contributed by atoms with Crippen molar-refractivity contribution in [3.63, 3.8) is 0 Å². The zero-order chi connectivity index (χ0) is 17.1. The summed E-state index contributed by atoms with van der Waals surface area (Å²) >= 11 is 11.9. The van der Waals surface area contributed by atoms with Crippen LogP contribution >= 0.6 is 23.2 Å². The van der Waals surface area contributed by atoms with E-state index in [-0.39, 0.29) is 22.9 Å². The van der Waals surface area contributed by atoms with E-state index in [1.165, 1.54) is 35.0 Å². The van der Waals surface area contributed by atoms with Crippen molar-refractivity contribution in [1.82, 2.24) is 25.5 Å². The number of tetrazole rings is 1. The number of amides is 1. The number of hydrogen-bond acceptors (Lipinski definition) is 4. The van der Waals surface area contributed by atoms with Gasteiger partial charge in [-0.15, -0.1) is 5.10 Å². The molecule has 1 N–H and O–H groups in total. The molecule has 0 fully saturated rings. The predicted octanol–water partition coefficient (Wildman–Crippen LogP) is 3.04. The Kier molecular flexibility index (Phi) is 4.73. The molecule has 0 aliphatic carbocycles. The van der Waals surface area contributed by atoms with Crippen molar-refractivity contribution >= 4 is 29.1 Å². The van der Waals surface area contributed by atoms with Crippen LogP contribution in [0, 0.1) is 5.82 Å². The molecule has 24 heavy (non-hydrogen) atoms. The van der Waals surface area contributed by atoms with Crippen LogP contribution < -0.4 is 5.32 Å². The lowest BCUT2D eigenvalue weighted by Crippen LogP contribution is -2.25. The molecular weight excluding hydrogens is 356 g/mol. The van der Waals surface area contributed by atoms with Gasteiger partial charge in [0.2, 0.25) is 0 Å². The van der Waals surface area contributed by atoms with E-state index in [1.807, 2.05) is 0 Å². The first-order chi connectivity index (χ1) is 11.5. The number of carbonyl (C=O) groups excluding carboxylic acids is 1. The summed E-state index contributed by atoms with van der Waals surface area (Å²) in [6, 6.07) is 10.3. The second kappa shape index (κ2) is 6.94. The molecule has 0 saturated heterocycles. The lowest BCUT2D eigenvalue weighted by atomic mass is 10.2. The summed E-state index contributed by atoms with van der Waals surface area (Å²) in [5, 5.41) is 14.6. The number of nitrogens with one attached hydrogen (secondary N) is 1. The van der Waals surface area contributed by atoms with Gasteiger partial charge in [-0.25, -0.2) is 4.39 Å². The normalized spacial score (nSPS) is 10.6. The van der Waals surface area contributed by atoms with E-state index < -0.39 is 5.91 Å². The fraction of sp³-hybridized carbons (Fsp3) is 0.0667. The van der Waals surface area contributed by atoms with Crippen LogP contribution in [0.1, 0.15) is 16.2 Å². The van der Waals surface area contributed by atoms with Gasteiger partial charge in [0, 0.05) is 5.02 Å². The van der Waals surface area contributed by atoms with Gasteiger partial charge in [-0.1, -0.05) is 23.2 Å². The van der Waals surface area contributed by atoms with E-state index >= 15 is 0 Å². The van der Waals surface area contributed by atoms with Gasteiger partial charge >= 0.3 is 0 Å². The summed E-state index contributed by atoms with van der Waals surface area (Å²) in [5.41, 5.74) is 0.830. The van der Waals surface area contributed by atoms with Crippen molar-refractivity contribution in [3.05, 3.63) is 69.7 Å². The smallest absolute Gasteiger partial charge is 0.253 e. The minimum atomic E-state index is -0.406. The molecule has 3 rings (SSSR count). The van der Waals surface area contributed by atoms with Crippen LogP contribution in [0.5, 0.6) is 0 Å². The van der Waals surface area contributed by atoms with Gasteiger partial charge in [0.25, 0.3) is 5.91 Å². The van der Waals surface area contributed by atoms with Gasteiger partial charge in [0.15, 0.2) is 5.82 Å². The minimum Gasteiger partial charge on any atom is -0.345 e. The first-order valence-corrected chi connectivity index (χ1v) is 7.56. The Labute approximate surface area is 146 Å². The second-order valence-electron chi connectivity index (χ2n) is 4.79. The molecule has 0 unspecified atom stereocenters. The molecule has 1 heterocycles. The summed E-state index contributed by atoms with van der Waals surface area (Å²) in [5.74, 6) is -0.387. The molecule has 0 bridgehead atoms. The molecule has 1 amide bonds. The highest BCUT2D eigenvalue weighted by Gasteiger charge is 2.14. The zero-order valence-electron chi connectivity index (χ0n) is 12.1. The minimum absolute atomic E-state index is 0.0616. The SMILES string of the molecule is O=C(NCc1nnnn1-c1ccc(F)cc1)c1cc(Cl)ccc1Cl. The molecule has 0 radical (unpaired) electrons. The van der Waals surface area contributed by atoms with Crippen molar-refractivity contribution in [3.8, 4) is 5.69 Å². The fourth-order valence-corrected chi connectivity index (χ4v) is 2.40. The highest BCUT2D eigenvalue weighted by molar-refractivity contribution is 6.35. The van der Waals surface area contributed by atoms with Crippen LogP contribution in [0.3, 0.4) is 0 Å². The molecule has 0 saturated carbocycles. The molecule has 0 spiro atoms. The lowest BCUT2D eigenvalue weighted by molar-refractivity contribution is 0.0950. The molecular formula is C15H10Cl2FN5O. The van der Waals surface area contributed by atoms with Crippen LogP contribution in [0.4, 0.5) is 4.39 Å². The Bertz CT molecular complexity index is 882. The number of aromatic nitrogens is 4. The maximum absolute atomic E-state index is 13.0. The Morgan fingerprint density at radius 1 is 1.17 bits per heavy atom. The highest BCUT2D eigenvalue weighted by Crippen LogP contribution is 2.20. The Morgan fingerprint density at radius 2 is 1.92 bits per heavy atom. The Hall–Kier alpha value is -2.51. The molecule has 1 aromatic heterocycles. The standard InChI is InChI=1S/C15H10Cl2FN5O/c16-9-1-6-13(17)12(7-9)15(24)19-8-14-20-21-22-23(14)11-4-2-10(18)3-5-11/h1-7H,8H2,(H,19,24). The fourth-order valence-electron chi connectivity index (χ4n) is 2.02. The van der Waals surface area contributed by atoms with Crippen molar-refractivity contribution in [2.45, 2.75) is 6.54 Å². The Balaban J connectivity index is 1.76. The van der Waals surface area contributed by atoms with Crippen molar-refractivity contribution in [2.24, 2.45) is 0 Å². The van der Waals surface area contributed by atoms with Crippen molar-refractivity contribution < 1.29 is 9.18 Å². The van der Waals surface area contributed by atoms with E-state index in [9.17, 15) is 9.18 Å². The monoisotopic (exact) mass is 365 g/mol. The third-order valence-electron chi connectivity index (χ3n) is 3.19. The molecule has 3 aromatic rings. The Morgan fingerprint density at radius 3 is 2.67 bits per heavy atom. The van der Waals surface area contributed by atoms with Crippen molar-refractivity contribution in [2.75, 3.05) is 0 Å². The number of hydrogen-bond donors (Lipinski definition) is 1. The van der Waals surface area contributed by atoms with Gasteiger partial charge in [-0.3, -0.25) is 4.79 Å². The van der Waals surface area contributed by atoms with Crippen LogP contribution in [0.25, 0.3) is 5.69 Å². The number of carbonyl (C=O) groups is 1. The van der Waals surface area contributed by atoms with Gasteiger partial charge in [-0.2, -0.15) is 4.68 Å². The molecule has 122 valence electrons. The van der Waals surface area contributed by atoms with E-state index in [1.54, 1.807) is 12.1 Å². The van der Waals surface area contributed by atoms with Gasteiger partial charge in [0.1, 0.15) is 5.82 Å². The molecule has 9 heteroatoms. The quantitative estimate of drug-likeness (QED) is 0.771. The van der Waals surface area contributed by atoms with E-state index in [0.29, 0.717) is 16.5 Å². The molecule has 0 aliphatic heterocycles. The van der Waals surface area contributed by atoms with Crippen LogP contribution in [0.15, 0.2) is 42.5 Å².